The molecule has 0 radical (unpaired) electrons. The van der Waals surface area contributed by atoms with Gasteiger partial charge < -0.3 is 16.0 Å². The lowest BCUT2D eigenvalue weighted by Crippen LogP contribution is -2.40. The maximum absolute atomic E-state index is 12.7. The second-order valence-electron chi connectivity index (χ2n) is 5.31. The van der Waals surface area contributed by atoms with E-state index in [0.29, 0.717) is 31.0 Å². The van der Waals surface area contributed by atoms with Crippen LogP contribution in [-0.2, 0) is 14.8 Å². The highest BCUT2D eigenvalue weighted by atomic mass is 32.2. The normalized spacial score (nSPS) is 11.1. The van der Waals surface area contributed by atoms with E-state index in [-0.39, 0.29) is 11.4 Å². The van der Waals surface area contributed by atoms with Crippen molar-refractivity contribution in [3.63, 3.8) is 0 Å². The van der Waals surface area contributed by atoms with Crippen LogP contribution in [0.15, 0.2) is 23.1 Å². The fourth-order valence-corrected chi connectivity index (χ4v) is 3.78. The van der Waals surface area contributed by atoms with Gasteiger partial charge in [0.15, 0.2) is 0 Å². The van der Waals surface area contributed by atoms with E-state index in [4.69, 9.17) is 0 Å². The Bertz CT molecular complexity index is 732. The Labute approximate surface area is 154 Å². The van der Waals surface area contributed by atoms with Crippen LogP contribution in [-0.4, -0.2) is 57.9 Å². The molecule has 1 aromatic carbocycles. The molecule has 4 N–H and O–H groups in total. The molecule has 1 aromatic rings. The molecule has 1 rings (SSSR count). The molecule has 0 aliphatic heterocycles. The van der Waals surface area contributed by atoms with Crippen molar-refractivity contribution < 1.29 is 18.0 Å². The predicted octanol–water partition coefficient (Wildman–Crippen LogP) is 1.02. The molecule has 0 aliphatic rings. The summed E-state index contributed by atoms with van der Waals surface area (Å²) in [5.41, 5.74) is 1.13. The molecule has 146 valence electrons. The van der Waals surface area contributed by atoms with Crippen LogP contribution in [0.2, 0.25) is 0 Å². The number of carbonyl (C=O) groups excluding carboxylic acids is 2. The third-order valence-corrected chi connectivity index (χ3v) is 5.67. The molecule has 9 nitrogen and oxygen atoms in total. The number of hydrogen-bond donors (Lipinski definition) is 4. The molecule has 10 heteroatoms. The number of imide groups is 1. The highest BCUT2D eigenvalue weighted by Crippen LogP contribution is 2.27. The summed E-state index contributed by atoms with van der Waals surface area (Å²) >= 11 is 0. The number of nitrogens with one attached hydrogen (secondary N) is 4. The minimum Gasteiger partial charge on any atom is -0.384 e. The Morgan fingerprint density at radius 3 is 2.23 bits per heavy atom. The number of urea groups is 1. The lowest BCUT2D eigenvalue weighted by atomic mass is 10.2. The van der Waals surface area contributed by atoms with E-state index in [1.807, 2.05) is 6.92 Å². The van der Waals surface area contributed by atoms with Crippen LogP contribution in [0.1, 0.15) is 20.8 Å². The van der Waals surface area contributed by atoms with Gasteiger partial charge in [-0.25, -0.2) is 13.2 Å². The van der Waals surface area contributed by atoms with Crippen LogP contribution in [0.3, 0.4) is 0 Å². The second kappa shape index (κ2) is 9.97. The number of nitrogens with zero attached hydrogens (tertiary/aromatic N) is 1. The Morgan fingerprint density at radius 1 is 1.04 bits per heavy atom. The number of anilines is 2. The Kier molecular flexibility index (Phi) is 8.33. The van der Waals surface area contributed by atoms with Crippen LogP contribution in [0.25, 0.3) is 0 Å². The SMILES string of the molecule is CCNc1ccc(S(=O)(=O)N(CC)CC)cc1NCC(=O)NC(=O)NC. The molecular weight excluding hydrogens is 358 g/mol. The van der Waals surface area contributed by atoms with Crippen molar-refractivity contribution >= 4 is 33.3 Å². The summed E-state index contributed by atoms with van der Waals surface area (Å²) in [4.78, 5) is 23.1. The first-order valence-electron chi connectivity index (χ1n) is 8.43. The Hall–Kier alpha value is -2.33. The highest BCUT2D eigenvalue weighted by molar-refractivity contribution is 7.89. The molecule has 26 heavy (non-hydrogen) atoms. The second-order valence-corrected chi connectivity index (χ2v) is 7.25. The zero-order valence-electron chi connectivity index (χ0n) is 15.5. The van der Waals surface area contributed by atoms with Crippen molar-refractivity contribution in [3.8, 4) is 0 Å². The lowest BCUT2D eigenvalue weighted by molar-refractivity contribution is -0.118. The predicted molar refractivity (Wildman–Crippen MR) is 102 cm³/mol. The van der Waals surface area contributed by atoms with Crippen LogP contribution < -0.4 is 21.3 Å². The largest absolute Gasteiger partial charge is 0.384 e. The summed E-state index contributed by atoms with van der Waals surface area (Å²) in [5, 5.41) is 10.4. The molecule has 3 amide bonds. The van der Waals surface area contributed by atoms with Crippen LogP contribution in [0, 0.1) is 0 Å². The molecule has 0 aromatic heterocycles. The van der Waals surface area contributed by atoms with Gasteiger partial charge in [-0.2, -0.15) is 4.31 Å². The Balaban J connectivity index is 3.08. The number of hydrogen-bond acceptors (Lipinski definition) is 6. The summed E-state index contributed by atoms with van der Waals surface area (Å²) in [5.74, 6) is -0.538. The smallest absolute Gasteiger partial charge is 0.321 e. The van der Waals surface area contributed by atoms with Crippen LogP contribution in [0.5, 0.6) is 0 Å². The molecule has 0 spiro atoms. The van der Waals surface area contributed by atoms with Crippen molar-refractivity contribution in [2.45, 2.75) is 25.7 Å². The van der Waals surface area contributed by atoms with Gasteiger partial charge in [-0.3, -0.25) is 10.1 Å². The van der Waals surface area contributed by atoms with Crippen LogP contribution in [0.4, 0.5) is 16.2 Å². The highest BCUT2D eigenvalue weighted by Gasteiger charge is 2.22. The zero-order valence-corrected chi connectivity index (χ0v) is 16.4. The van der Waals surface area contributed by atoms with Gasteiger partial charge in [0.1, 0.15) is 0 Å². The van der Waals surface area contributed by atoms with Gasteiger partial charge in [0.05, 0.1) is 22.8 Å². The van der Waals surface area contributed by atoms with E-state index < -0.39 is 22.0 Å². The molecular formula is C16H27N5O4S. The van der Waals surface area contributed by atoms with Gasteiger partial charge in [-0.1, -0.05) is 13.8 Å². The first-order chi connectivity index (χ1) is 12.3. The van der Waals surface area contributed by atoms with E-state index in [2.05, 4.69) is 21.3 Å². The average Bonchev–Trinajstić information content (AvgIpc) is 2.61. The summed E-state index contributed by atoms with van der Waals surface area (Å²) in [6.45, 7) is 6.63. The zero-order chi connectivity index (χ0) is 19.7. The molecule has 0 aliphatic carbocycles. The summed E-state index contributed by atoms with van der Waals surface area (Å²) in [6, 6.07) is 4.06. The molecule has 0 unspecified atom stereocenters. The third-order valence-electron chi connectivity index (χ3n) is 3.62. The van der Waals surface area contributed by atoms with Gasteiger partial charge >= 0.3 is 6.03 Å². The number of carbonyl (C=O) groups is 2. The molecule has 0 saturated carbocycles. The summed E-state index contributed by atoms with van der Waals surface area (Å²) in [6.07, 6.45) is 0. The Morgan fingerprint density at radius 2 is 1.69 bits per heavy atom. The van der Waals surface area contributed by atoms with Crippen molar-refractivity contribution in [1.29, 1.82) is 0 Å². The lowest BCUT2D eigenvalue weighted by Gasteiger charge is -2.20. The number of sulfonamides is 1. The van der Waals surface area contributed by atoms with Gasteiger partial charge in [-0.05, 0) is 25.1 Å². The van der Waals surface area contributed by atoms with E-state index in [0.717, 1.165) is 0 Å². The van der Waals surface area contributed by atoms with Crippen LogP contribution >= 0.6 is 0 Å². The molecule has 0 bridgehead atoms. The monoisotopic (exact) mass is 385 g/mol. The average molecular weight is 385 g/mol. The third kappa shape index (κ3) is 5.60. The summed E-state index contributed by atoms with van der Waals surface area (Å²) < 4.78 is 26.7. The number of amides is 3. The van der Waals surface area contributed by atoms with Gasteiger partial charge in [0.25, 0.3) is 0 Å². The topological polar surface area (TPSA) is 120 Å². The van der Waals surface area contributed by atoms with Crippen molar-refractivity contribution in [1.82, 2.24) is 14.9 Å². The van der Waals surface area contributed by atoms with Crippen molar-refractivity contribution in [2.24, 2.45) is 0 Å². The van der Waals surface area contributed by atoms with E-state index in [1.165, 1.54) is 23.5 Å². The van der Waals surface area contributed by atoms with Crippen molar-refractivity contribution in [2.75, 3.05) is 43.9 Å². The van der Waals surface area contributed by atoms with Gasteiger partial charge in [0, 0.05) is 26.7 Å². The first kappa shape index (κ1) is 21.7. The fraction of sp³-hybridized carbons (Fsp3) is 0.500. The van der Waals surface area contributed by atoms with Crippen molar-refractivity contribution in [3.05, 3.63) is 18.2 Å². The quantitative estimate of drug-likeness (QED) is 0.504. The minimum atomic E-state index is -3.62. The molecule has 0 heterocycles. The number of benzene rings is 1. The maximum atomic E-state index is 12.7. The molecule has 0 fully saturated rings. The fourth-order valence-electron chi connectivity index (χ4n) is 2.30. The van der Waals surface area contributed by atoms with E-state index >= 15 is 0 Å². The first-order valence-corrected chi connectivity index (χ1v) is 9.87. The van der Waals surface area contributed by atoms with E-state index in [9.17, 15) is 18.0 Å². The number of rotatable bonds is 9. The van der Waals surface area contributed by atoms with Gasteiger partial charge in [-0.15, -0.1) is 0 Å². The maximum Gasteiger partial charge on any atom is 0.321 e. The van der Waals surface area contributed by atoms with Gasteiger partial charge in [0.2, 0.25) is 15.9 Å². The summed E-state index contributed by atoms with van der Waals surface area (Å²) in [7, 11) is -2.21. The van der Waals surface area contributed by atoms with E-state index in [1.54, 1.807) is 19.9 Å². The standard InChI is InChI=1S/C16H27N5O4S/c1-5-18-13-9-8-12(26(24,25)21(6-2)7-3)10-14(13)19-11-15(22)20-16(23)17-4/h8-10,18-19H,5-7,11H2,1-4H3,(H2,17,20,22,23). The minimum absolute atomic E-state index is 0.136. The molecule has 0 saturated heterocycles. The molecule has 0 atom stereocenters.